The molecule has 3 heteroatoms. The Labute approximate surface area is 126 Å². The van der Waals surface area contributed by atoms with Crippen molar-refractivity contribution in [3.8, 4) is 0 Å². The van der Waals surface area contributed by atoms with Gasteiger partial charge in [-0.15, -0.1) is 0 Å². The molecule has 1 aromatic rings. The predicted octanol–water partition coefficient (Wildman–Crippen LogP) is 2.28. The van der Waals surface area contributed by atoms with E-state index in [9.17, 15) is 4.79 Å². The van der Waals surface area contributed by atoms with Gasteiger partial charge in [0.2, 0.25) is 5.91 Å². The van der Waals surface area contributed by atoms with Crippen molar-refractivity contribution in [2.75, 3.05) is 0 Å². The Hall–Kier alpha value is -1.35. The van der Waals surface area contributed by atoms with Crippen LogP contribution >= 0.6 is 0 Å². The number of benzene rings is 1. The van der Waals surface area contributed by atoms with Crippen LogP contribution in [0, 0.1) is 5.92 Å². The summed E-state index contributed by atoms with van der Waals surface area (Å²) in [6.07, 6.45) is 7.51. The Morgan fingerprint density at radius 1 is 1.19 bits per heavy atom. The maximum Gasteiger partial charge on any atom is 0.224 e. The second kappa shape index (κ2) is 4.84. The van der Waals surface area contributed by atoms with Crippen molar-refractivity contribution < 1.29 is 4.79 Å². The van der Waals surface area contributed by atoms with E-state index in [0.29, 0.717) is 12.1 Å². The zero-order chi connectivity index (χ0) is 14.4. The van der Waals surface area contributed by atoms with Crippen molar-refractivity contribution in [2.24, 2.45) is 11.7 Å². The molecule has 3 aliphatic rings. The molecule has 2 saturated carbocycles. The van der Waals surface area contributed by atoms with Gasteiger partial charge in [0, 0.05) is 23.4 Å². The highest BCUT2D eigenvalue weighted by atomic mass is 16.2. The van der Waals surface area contributed by atoms with Crippen LogP contribution in [0.15, 0.2) is 24.3 Å². The number of carbonyl (C=O) groups is 1. The first-order valence-corrected chi connectivity index (χ1v) is 8.33. The van der Waals surface area contributed by atoms with Crippen LogP contribution in [0.3, 0.4) is 0 Å². The first-order valence-electron chi connectivity index (χ1n) is 8.33. The molecule has 3 nitrogen and oxygen atoms in total. The molecule has 1 amide bonds. The molecule has 2 fully saturated rings. The van der Waals surface area contributed by atoms with Gasteiger partial charge in [-0.25, -0.2) is 0 Å². The maximum atomic E-state index is 12.6. The average Bonchev–Trinajstić information content (AvgIpc) is 3.12. The molecule has 112 valence electrons. The molecular formula is C18H24N2O. The zero-order valence-corrected chi connectivity index (χ0v) is 12.5. The van der Waals surface area contributed by atoms with E-state index in [0.717, 1.165) is 44.9 Å². The zero-order valence-electron chi connectivity index (χ0n) is 12.5. The summed E-state index contributed by atoms with van der Waals surface area (Å²) >= 11 is 0. The normalized spacial score (nSPS) is 37.3. The number of aryl methyl sites for hydroxylation is 1. The minimum atomic E-state index is 0.172. The summed E-state index contributed by atoms with van der Waals surface area (Å²) in [5.74, 6) is 0.490. The molecule has 4 rings (SSSR count). The molecule has 2 atom stereocenters. The molecule has 3 N–H and O–H groups in total. The lowest BCUT2D eigenvalue weighted by Crippen LogP contribution is -2.41. The molecule has 0 aromatic heterocycles. The van der Waals surface area contributed by atoms with Crippen LogP contribution in [-0.2, 0) is 16.6 Å². The SMILES string of the molecule is NC1CCC(NC(=O)C2CC23CCc2ccccc23)CC1. The third-order valence-electron chi connectivity index (χ3n) is 5.90. The number of nitrogens with two attached hydrogens (primary N) is 1. The number of carbonyl (C=O) groups excluding carboxylic acids is 1. The summed E-state index contributed by atoms with van der Waals surface area (Å²) in [7, 11) is 0. The predicted molar refractivity (Wildman–Crippen MR) is 82.9 cm³/mol. The molecule has 0 aliphatic heterocycles. The highest BCUT2D eigenvalue weighted by molar-refractivity contribution is 5.85. The van der Waals surface area contributed by atoms with Crippen LogP contribution in [-0.4, -0.2) is 18.0 Å². The van der Waals surface area contributed by atoms with Crippen LogP contribution < -0.4 is 11.1 Å². The van der Waals surface area contributed by atoms with Crippen LogP contribution in [0.4, 0.5) is 0 Å². The van der Waals surface area contributed by atoms with Gasteiger partial charge in [0.05, 0.1) is 0 Å². The fraction of sp³-hybridized carbons (Fsp3) is 0.611. The van der Waals surface area contributed by atoms with Crippen molar-refractivity contribution in [1.29, 1.82) is 0 Å². The summed E-state index contributed by atoms with van der Waals surface area (Å²) in [6, 6.07) is 9.37. The third-order valence-corrected chi connectivity index (χ3v) is 5.90. The maximum absolute atomic E-state index is 12.6. The van der Waals surface area contributed by atoms with E-state index in [4.69, 9.17) is 5.73 Å². The minimum Gasteiger partial charge on any atom is -0.353 e. The highest BCUT2D eigenvalue weighted by Gasteiger charge is 2.61. The molecule has 0 heterocycles. The number of fused-ring (bicyclic) bond motifs is 2. The van der Waals surface area contributed by atoms with E-state index in [-0.39, 0.29) is 17.2 Å². The smallest absolute Gasteiger partial charge is 0.224 e. The lowest BCUT2D eigenvalue weighted by molar-refractivity contribution is -0.123. The van der Waals surface area contributed by atoms with Gasteiger partial charge < -0.3 is 11.1 Å². The summed E-state index contributed by atoms with van der Waals surface area (Å²) < 4.78 is 0. The molecular weight excluding hydrogens is 260 g/mol. The van der Waals surface area contributed by atoms with Gasteiger partial charge in [-0.05, 0) is 56.1 Å². The molecule has 0 bridgehead atoms. The highest BCUT2D eigenvalue weighted by Crippen LogP contribution is 2.61. The number of nitrogens with one attached hydrogen (secondary N) is 1. The van der Waals surface area contributed by atoms with Gasteiger partial charge in [0.25, 0.3) is 0 Å². The van der Waals surface area contributed by atoms with Crippen LogP contribution in [0.5, 0.6) is 0 Å². The van der Waals surface area contributed by atoms with E-state index >= 15 is 0 Å². The molecule has 0 radical (unpaired) electrons. The van der Waals surface area contributed by atoms with E-state index < -0.39 is 0 Å². The fourth-order valence-electron chi connectivity index (χ4n) is 4.50. The first-order chi connectivity index (χ1) is 10.2. The fourth-order valence-corrected chi connectivity index (χ4v) is 4.50. The van der Waals surface area contributed by atoms with Gasteiger partial charge in [-0.2, -0.15) is 0 Å². The van der Waals surface area contributed by atoms with Gasteiger partial charge in [0.15, 0.2) is 0 Å². The first kappa shape index (κ1) is 13.3. The van der Waals surface area contributed by atoms with Crippen LogP contribution in [0.25, 0.3) is 0 Å². The van der Waals surface area contributed by atoms with Crippen molar-refractivity contribution in [3.63, 3.8) is 0 Å². The van der Waals surface area contributed by atoms with Crippen molar-refractivity contribution >= 4 is 5.91 Å². The molecule has 3 aliphatic carbocycles. The number of rotatable bonds is 2. The van der Waals surface area contributed by atoms with E-state index in [1.54, 1.807) is 0 Å². The van der Waals surface area contributed by atoms with Gasteiger partial charge in [-0.1, -0.05) is 24.3 Å². The second-order valence-corrected chi connectivity index (χ2v) is 7.19. The summed E-state index contributed by atoms with van der Waals surface area (Å²) in [4.78, 5) is 12.6. The number of hydrogen-bond acceptors (Lipinski definition) is 2. The summed E-state index contributed by atoms with van der Waals surface area (Å²) in [5.41, 5.74) is 9.00. The Bertz CT molecular complexity index is 562. The largest absolute Gasteiger partial charge is 0.353 e. The second-order valence-electron chi connectivity index (χ2n) is 7.19. The van der Waals surface area contributed by atoms with Crippen LogP contribution in [0.2, 0.25) is 0 Å². The quantitative estimate of drug-likeness (QED) is 0.875. The van der Waals surface area contributed by atoms with Gasteiger partial charge in [-0.3, -0.25) is 4.79 Å². The lowest BCUT2D eigenvalue weighted by atomic mass is 9.91. The molecule has 21 heavy (non-hydrogen) atoms. The Kier molecular flexibility index (Phi) is 3.07. The number of amides is 1. The van der Waals surface area contributed by atoms with Crippen LogP contribution in [0.1, 0.15) is 49.7 Å². The lowest BCUT2D eigenvalue weighted by Gasteiger charge is -2.27. The van der Waals surface area contributed by atoms with Crippen molar-refractivity contribution in [1.82, 2.24) is 5.32 Å². The monoisotopic (exact) mass is 284 g/mol. The molecule has 1 spiro atoms. The topological polar surface area (TPSA) is 55.1 Å². The molecule has 2 unspecified atom stereocenters. The third kappa shape index (κ3) is 2.18. The van der Waals surface area contributed by atoms with Gasteiger partial charge >= 0.3 is 0 Å². The van der Waals surface area contributed by atoms with E-state index in [1.807, 2.05) is 0 Å². The van der Waals surface area contributed by atoms with E-state index in [1.165, 1.54) is 11.1 Å². The Morgan fingerprint density at radius 2 is 1.95 bits per heavy atom. The van der Waals surface area contributed by atoms with E-state index in [2.05, 4.69) is 29.6 Å². The number of hydrogen-bond donors (Lipinski definition) is 2. The molecule has 0 saturated heterocycles. The Balaban J connectivity index is 1.42. The summed E-state index contributed by atoms with van der Waals surface area (Å²) in [5, 5.41) is 3.29. The Morgan fingerprint density at radius 3 is 2.76 bits per heavy atom. The van der Waals surface area contributed by atoms with Crippen molar-refractivity contribution in [2.45, 2.75) is 62.4 Å². The van der Waals surface area contributed by atoms with Crippen molar-refractivity contribution in [3.05, 3.63) is 35.4 Å². The molecule has 1 aromatic carbocycles. The summed E-state index contributed by atoms with van der Waals surface area (Å²) in [6.45, 7) is 0. The standard InChI is InChI=1S/C18H24N2O/c19-13-5-7-14(8-6-13)20-17(21)16-11-18(16)10-9-12-3-1-2-4-15(12)18/h1-4,13-14,16H,5-11,19H2,(H,20,21). The average molecular weight is 284 g/mol. The minimum absolute atomic E-state index is 0.172. The van der Waals surface area contributed by atoms with Gasteiger partial charge in [0.1, 0.15) is 0 Å².